The Morgan fingerprint density at radius 3 is 2.58 bits per heavy atom. The zero-order valence-electron chi connectivity index (χ0n) is 12.0. The SMILES string of the molecule is CC(C)=CCCC(C)=CC(=O)N1CCC[C@H]1C(=O)O. The monoisotopic (exact) mass is 265 g/mol. The summed E-state index contributed by atoms with van der Waals surface area (Å²) in [6.07, 6.45) is 6.81. The van der Waals surface area contributed by atoms with Crippen molar-refractivity contribution in [3.05, 3.63) is 23.3 Å². The molecule has 1 aliphatic heterocycles. The average molecular weight is 265 g/mol. The third-order valence-electron chi connectivity index (χ3n) is 3.28. The minimum Gasteiger partial charge on any atom is -0.480 e. The van der Waals surface area contributed by atoms with E-state index >= 15 is 0 Å². The summed E-state index contributed by atoms with van der Waals surface area (Å²) >= 11 is 0. The lowest BCUT2D eigenvalue weighted by Gasteiger charge is -2.19. The fourth-order valence-corrected chi connectivity index (χ4v) is 2.24. The number of hydrogen-bond acceptors (Lipinski definition) is 2. The molecule has 1 fully saturated rings. The summed E-state index contributed by atoms with van der Waals surface area (Å²) in [6.45, 7) is 6.56. The topological polar surface area (TPSA) is 57.6 Å². The van der Waals surface area contributed by atoms with Crippen molar-refractivity contribution in [1.29, 1.82) is 0 Å². The van der Waals surface area contributed by atoms with Crippen molar-refractivity contribution in [3.8, 4) is 0 Å². The highest BCUT2D eigenvalue weighted by Gasteiger charge is 2.32. The molecule has 1 amide bonds. The summed E-state index contributed by atoms with van der Waals surface area (Å²) in [6, 6.07) is -0.644. The molecule has 1 rings (SSSR count). The maximum absolute atomic E-state index is 12.0. The van der Waals surface area contributed by atoms with Gasteiger partial charge in [-0.3, -0.25) is 4.79 Å². The Morgan fingerprint density at radius 2 is 2.00 bits per heavy atom. The van der Waals surface area contributed by atoms with Crippen LogP contribution in [0.3, 0.4) is 0 Å². The number of hydrogen-bond donors (Lipinski definition) is 1. The molecule has 0 spiro atoms. The van der Waals surface area contributed by atoms with Gasteiger partial charge in [-0.25, -0.2) is 4.79 Å². The highest BCUT2D eigenvalue weighted by atomic mass is 16.4. The van der Waals surface area contributed by atoms with Crippen LogP contribution < -0.4 is 0 Å². The molecular weight excluding hydrogens is 242 g/mol. The van der Waals surface area contributed by atoms with Gasteiger partial charge in [-0.2, -0.15) is 0 Å². The molecular formula is C15H23NO3. The molecule has 0 aromatic rings. The number of amides is 1. The summed E-state index contributed by atoms with van der Waals surface area (Å²) in [5.41, 5.74) is 2.27. The van der Waals surface area contributed by atoms with E-state index in [-0.39, 0.29) is 5.91 Å². The molecule has 106 valence electrons. The van der Waals surface area contributed by atoms with E-state index < -0.39 is 12.0 Å². The fourth-order valence-electron chi connectivity index (χ4n) is 2.24. The molecule has 1 saturated heterocycles. The Balaban J connectivity index is 2.57. The van der Waals surface area contributed by atoms with Gasteiger partial charge in [-0.05, 0) is 46.5 Å². The van der Waals surface area contributed by atoms with Crippen LogP contribution in [-0.4, -0.2) is 34.5 Å². The van der Waals surface area contributed by atoms with Gasteiger partial charge in [-0.15, -0.1) is 0 Å². The second-order valence-electron chi connectivity index (χ2n) is 5.34. The van der Waals surface area contributed by atoms with Crippen LogP contribution in [-0.2, 0) is 9.59 Å². The molecule has 4 heteroatoms. The first-order valence-corrected chi connectivity index (χ1v) is 6.75. The molecule has 0 saturated carbocycles. The molecule has 4 nitrogen and oxygen atoms in total. The Hall–Kier alpha value is -1.58. The second-order valence-corrected chi connectivity index (χ2v) is 5.34. The first-order chi connectivity index (χ1) is 8.91. The Kier molecular flexibility index (Phi) is 5.80. The quantitative estimate of drug-likeness (QED) is 0.614. The highest BCUT2D eigenvalue weighted by molar-refractivity contribution is 5.92. The summed E-state index contributed by atoms with van der Waals surface area (Å²) in [4.78, 5) is 24.5. The lowest BCUT2D eigenvalue weighted by Crippen LogP contribution is -2.39. The molecule has 1 aliphatic rings. The van der Waals surface area contributed by atoms with Crippen LogP contribution in [0, 0.1) is 0 Å². The summed E-state index contributed by atoms with van der Waals surface area (Å²) in [5.74, 6) is -1.07. The van der Waals surface area contributed by atoms with Crippen molar-refractivity contribution >= 4 is 11.9 Å². The van der Waals surface area contributed by atoms with Crippen LogP contribution in [0.15, 0.2) is 23.3 Å². The van der Waals surface area contributed by atoms with Crippen molar-refractivity contribution in [2.75, 3.05) is 6.54 Å². The van der Waals surface area contributed by atoms with Crippen molar-refractivity contribution in [2.24, 2.45) is 0 Å². The van der Waals surface area contributed by atoms with Gasteiger partial charge in [0.25, 0.3) is 0 Å². The lowest BCUT2D eigenvalue weighted by molar-refractivity contribution is -0.146. The molecule has 0 unspecified atom stereocenters. The number of carbonyl (C=O) groups is 2. The zero-order chi connectivity index (χ0) is 14.4. The molecule has 0 aromatic heterocycles. The maximum Gasteiger partial charge on any atom is 0.326 e. The number of carbonyl (C=O) groups excluding carboxylic acids is 1. The highest BCUT2D eigenvalue weighted by Crippen LogP contribution is 2.18. The van der Waals surface area contributed by atoms with Crippen LogP contribution in [0.5, 0.6) is 0 Å². The molecule has 0 aromatic carbocycles. The standard InChI is InChI=1S/C15H23NO3/c1-11(2)6-4-7-12(3)10-14(17)16-9-5-8-13(16)15(18)19/h6,10,13H,4-5,7-9H2,1-3H3,(H,18,19)/t13-/m0/s1. The molecule has 1 atom stereocenters. The van der Waals surface area contributed by atoms with Gasteiger partial charge >= 0.3 is 5.97 Å². The number of likely N-dealkylation sites (tertiary alicyclic amines) is 1. The largest absolute Gasteiger partial charge is 0.480 e. The van der Waals surface area contributed by atoms with Gasteiger partial charge in [-0.1, -0.05) is 17.2 Å². The number of nitrogens with zero attached hydrogens (tertiary/aromatic N) is 1. The van der Waals surface area contributed by atoms with Crippen LogP contribution >= 0.6 is 0 Å². The first-order valence-electron chi connectivity index (χ1n) is 6.75. The van der Waals surface area contributed by atoms with Gasteiger partial charge in [0.15, 0.2) is 0 Å². The Labute approximate surface area is 114 Å². The molecule has 0 radical (unpaired) electrons. The van der Waals surface area contributed by atoms with Gasteiger partial charge in [0.1, 0.15) is 6.04 Å². The maximum atomic E-state index is 12.0. The minimum atomic E-state index is -0.901. The normalized spacial score (nSPS) is 19.4. The van der Waals surface area contributed by atoms with Gasteiger partial charge in [0, 0.05) is 12.6 Å². The number of carboxylic acid groups (broad SMARTS) is 1. The van der Waals surface area contributed by atoms with Gasteiger partial charge < -0.3 is 10.0 Å². The van der Waals surface area contributed by atoms with Crippen molar-refractivity contribution < 1.29 is 14.7 Å². The summed E-state index contributed by atoms with van der Waals surface area (Å²) in [5, 5.41) is 9.05. The van der Waals surface area contributed by atoms with Gasteiger partial charge in [0.05, 0.1) is 0 Å². The Morgan fingerprint density at radius 1 is 1.32 bits per heavy atom. The third-order valence-corrected chi connectivity index (χ3v) is 3.28. The smallest absolute Gasteiger partial charge is 0.326 e. The summed E-state index contributed by atoms with van der Waals surface area (Å²) < 4.78 is 0. The average Bonchev–Trinajstić information content (AvgIpc) is 2.77. The number of rotatable bonds is 5. The van der Waals surface area contributed by atoms with E-state index in [0.717, 1.165) is 24.8 Å². The first kappa shape index (κ1) is 15.5. The van der Waals surface area contributed by atoms with Crippen molar-refractivity contribution in [3.63, 3.8) is 0 Å². The molecule has 19 heavy (non-hydrogen) atoms. The molecule has 0 aliphatic carbocycles. The number of carboxylic acids is 1. The third kappa shape index (κ3) is 4.89. The Bertz CT molecular complexity index is 406. The fraction of sp³-hybridized carbons (Fsp3) is 0.600. The lowest BCUT2D eigenvalue weighted by atomic mass is 10.1. The van der Waals surface area contributed by atoms with Gasteiger partial charge in [0.2, 0.25) is 5.91 Å². The second kappa shape index (κ2) is 7.12. The van der Waals surface area contributed by atoms with Crippen LogP contribution in [0.4, 0.5) is 0 Å². The van der Waals surface area contributed by atoms with E-state index in [4.69, 9.17) is 5.11 Å². The molecule has 0 bridgehead atoms. The van der Waals surface area contributed by atoms with Crippen LogP contribution in [0.1, 0.15) is 46.5 Å². The van der Waals surface area contributed by atoms with Crippen LogP contribution in [0.25, 0.3) is 0 Å². The predicted molar refractivity (Wildman–Crippen MR) is 74.8 cm³/mol. The van der Waals surface area contributed by atoms with E-state index in [0.29, 0.717) is 13.0 Å². The number of allylic oxidation sites excluding steroid dienone is 3. The van der Waals surface area contributed by atoms with Crippen LogP contribution in [0.2, 0.25) is 0 Å². The van der Waals surface area contributed by atoms with E-state index in [1.165, 1.54) is 10.5 Å². The van der Waals surface area contributed by atoms with Crippen molar-refractivity contribution in [1.82, 2.24) is 4.90 Å². The zero-order valence-corrected chi connectivity index (χ0v) is 12.0. The van der Waals surface area contributed by atoms with E-state index in [1.54, 1.807) is 6.08 Å². The van der Waals surface area contributed by atoms with E-state index in [2.05, 4.69) is 6.08 Å². The summed E-state index contributed by atoms with van der Waals surface area (Å²) in [7, 11) is 0. The molecule has 1 heterocycles. The van der Waals surface area contributed by atoms with Crippen molar-refractivity contribution in [2.45, 2.75) is 52.5 Å². The predicted octanol–water partition coefficient (Wildman–Crippen LogP) is 2.75. The van der Waals surface area contributed by atoms with E-state index in [9.17, 15) is 9.59 Å². The van der Waals surface area contributed by atoms with E-state index in [1.807, 2.05) is 20.8 Å². The number of aliphatic carboxylic acids is 1. The molecule has 1 N–H and O–H groups in total. The minimum absolute atomic E-state index is 0.167.